The Morgan fingerprint density at radius 3 is 2.44 bits per heavy atom. The van der Waals surface area contributed by atoms with Crippen molar-refractivity contribution >= 4 is 0 Å². The van der Waals surface area contributed by atoms with Crippen molar-refractivity contribution in [2.75, 3.05) is 13.1 Å². The number of piperidine rings is 1. The summed E-state index contributed by atoms with van der Waals surface area (Å²) in [6, 6.07) is 2.36. The normalized spacial score (nSPS) is 21.2. The molecule has 0 amide bonds. The summed E-state index contributed by atoms with van der Waals surface area (Å²) < 4.78 is 39.1. The van der Waals surface area contributed by atoms with E-state index >= 15 is 0 Å². The monoisotopic (exact) mass is 258 g/mol. The third-order valence-corrected chi connectivity index (χ3v) is 3.45. The van der Waals surface area contributed by atoms with Gasteiger partial charge >= 0.3 is 0 Å². The van der Waals surface area contributed by atoms with Crippen LogP contribution in [0.4, 0.5) is 13.2 Å². The molecule has 5 heteroatoms. The average molecular weight is 258 g/mol. The van der Waals surface area contributed by atoms with Gasteiger partial charge in [-0.3, -0.25) is 4.90 Å². The van der Waals surface area contributed by atoms with E-state index in [9.17, 15) is 13.2 Å². The zero-order chi connectivity index (χ0) is 13.1. The van der Waals surface area contributed by atoms with Crippen molar-refractivity contribution in [2.24, 2.45) is 5.73 Å². The summed E-state index contributed by atoms with van der Waals surface area (Å²) in [5.41, 5.74) is 6.13. The van der Waals surface area contributed by atoms with Crippen molar-refractivity contribution in [3.05, 3.63) is 35.1 Å². The molecule has 1 atom stereocenters. The Balaban J connectivity index is 2.13. The minimum atomic E-state index is -1.41. The molecule has 1 aliphatic rings. The van der Waals surface area contributed by atoms with Crippen LogP contribution in [0.5, 0.6) is 0 Å². The molecular formula is C13H17F3N2. The number of nitrogens with two attached hydrogens (primary N) is 1. The molecule has 1 saturated heterocycles. The zero-order valence-corrected chi connectivity index (χ0v) is 10.1. The molecule has 1 aromatic rings. The predicted molar refractivity (Wildman–Crippen MR) is 63.4 cm³/mol. The molecule has 1 unspecified atom stereocenters. The number of nitrogens with zero attached hydrogens (tertiary/aromatic N) is 1. The molecule has 18 heavy (non-hydrogen) atoms. The highest BCUT2D eigenvalue weighted by Gasteiger charge is 2.22. The number of hydrogen-bond donors (Lipinski definition) is 1. The standard InChI is InChI=1S/C13H17F3N2/c14-11-5-9(6-12(15)13(11)16)8-18-4-2-1-3-10(18)7-17/h5-6,10H,1-4,7-8,17H2. The van der Waals surface area contributed by atoms with E-state index in [0.717, 1.165) is 37.9 Å². The summed E-state index contributed by atoms with van der Waals surface area (Å²) in [5.74, 6) is -3.68. The van der Waals surface area contributed by atoms with Crippen LogP contribution in [0.1, 0.15) is 24.8 Å². The number of likely N-dealkylation sites (tertiary alicyclic amines) is 1. The summed E-state index contributed by atoms with van der Waals surface area (Å²) in [4.78, 5) is 2.11. The first-order valence-corrected chi connectivity index (χ1v) is 6.19. The molecule has 1 heterocycles. The Kier molecular flexibility index (Phi) is 4.24. The van der Waals surface area contributed by atoms with Gasteiger partial charge in [0.2, 0.25) is 0 Å². The largest absolute Gasteiger partial charge is 0.329 e. The van der Waals surface area contributed by atoms with E-state index < -0.39 is 17.5 Å². The number of halogens is 3. The molecule has 2 N–H and O–H groups in total. The highest BCUT2D eigenvalue weighted by Crippen LogP contribution is 2.21. The first kappa shape index (κ1) is 13.4. The maximum absolute atomic E-state index is 13.1. The lowest BCUT2D eigenvalue weighted by molar-refractivity contribution is 0.144. The van der Waals surface area contributed by atoms with Gasteiger partial charge in [0.15, 0.2) is 17.5 Å². The lowest BCUT2D eigenvalue weighted by Crippen LogP contribution is -2.43. The van der Waals surface area contributed by atoms with Crippen LogP contribution < -0.4 is 5.73 Å². The van der Waals surface area contributed by atoms with Crippen molar-refractivity contribution in [2.45, 2.75) is 31.8 Å². The Hall–Kier alpha value is -1.07. The van der Waals surface area contributed by atoms with Gasteiger partial charge in [-0.25, -0.2) is 13.2 Å². The van der Waals surface area contributed by atoms with Crippen molar-refractivity contribution in [3.8, 4) is 0 Å². The Bertz CT molecular complexity index is 400. The Morgan fingerprint density at radius 2 is 1.83 bits per heavy atom. The van der Waals surface area contributed by atoms with E-state index in [-0.39, 0.29) is 6.04 Å². The van der Waals surface area contributed by atoms with Crippen LogP contribution >= 0.6 is 0 Å². The Morgan fingerprint density at radius 1 is 1.17 bits per heavy atom. The average Bonchev–Trinajstić information content (AvgIpc) is 2.36. The summed E-state index contributed by atoms with van der Waals surface area (Å²) in [5, 5.41) is 0. The first-order valence-electron chi connectivity index (χ1n) is 6.19. The molecule has 0 spiro atoms. The van der Waals surface area contributed by atoms with Crippen LogP contribution in [0, 0.1) is 17.5 Å². The molecule has 1 fully saturated rings. The SMILES string of the molecule is NCC1CCCCN1Cc1cc(F)c(F)c(F)c1. The fourth-order valence-electron chi connectivity index (χ4n) is 2.47. The molecule has 0 aromatic heterocycles. The fourth-order valence-corrected chi connectivity index (χ4v) is 2.47. The van der Waals surface area contributed by atoms with Gasteiger partial charge < -0.3 is 5.73 Å². The van der Waals surface area contributed by atoms with Gasteiger partial charge in [0.25, 0.3) is 0 Å². The molecule has 2 nitrogen and oxygen atoms in total. The van der Waals surface area contributed by atoms with Crippen LogP contribution in [0.2, 0.25) is 0 Å². The number of hydrogen-bond acceptors (Lipinski definition) is 2. The highest BCUT2D eigenvalue weighted by atomic mass is 19.2. The van der Waals surface area contributed by atoms with E-state index in [4.69, 9.17) is 5.73 Å². The van der Waals surface area contributed by atoms with E-state index in [1.807, 2.05) is 0 Å². The van der Waals surface area contributed by atoms with E-state index in [1.54, 1.807) is 0 Å². The topological polar surface area (TPSA) is 29.3 Å². The number of rotatable bonds is 3. The van der Waals surface area contributed by atoms with Gasteiger partial charge in [-0.15, -0.1) is 0 Å². The molecule has 1 aliphatic heterocycles. The maximum atomic E-state index is 13.1. The van der Waals surface area contributed by atoms with Crippen LogP contribution in [0.25, 0.3) is 0 Å². The molecular weight excluding hydrogens is 241 g/mol. The summed E-state index contributed by atoms with van der Waals surface area (Å²) in [7, 11) is 0. The third kappa shape index (κ3) is 2.84. The smallest absolute Gasteiger partial charge is 0.194 e. The lowest BCUT2D eigenvalue weighted by atomic mass is 10.0. The fraction of sp³-hybridized carbons (Fsp3) is 0.538. The zero-order valence-electron chi connectivity index (χ0n) is 10.1. The third-order valence-electron chi connectivity index (χ3n) is 3.45. The van der Waals surface area contributed by atoms with Crippen LogP contribution in [-0.2, 0) is 6.54 Å². The second kappa shape index (κ2) is 5.71. The van der Waals surface area contributed by atoms with Crippen LogP contribution in [0.3, 0.4) is 0 Å². The summed E-state index contributed by atoms with van der Waals surface area (Å²) >= 11 is 0. The van der Waals surface area contributed by atoms with Gasteiger partial charge in [-0.2, -0.15) is 0 Å². The minimum absolute atomic E-state index is 0.245. The molecule has 0 aliphatic carbocycles. The van der Waals surface area contributed by atoms with Gasteiger partial charge in [-0.1, -0.05) is 6.42 Å². The second-order valence-electron chi connectivity index (χ2n) is 4.73. The van der Waals surface area contributed by atoms with Gasteiger partial charge in [0, 0.05) is 19.1 Å². The van der Waals surface area contributed by atoms with Gasteiger partial charge in [-0.05, 0) is 37.1 Å². The first-order chi connectivity index (χ1) is 8.61. The highest BCUT2D eigenvalue weighted by molar-refractivity contribution is 5.19. The van der Waals surface area contributed by atoms with Crippen molar-refractivity contribution in [1.29, 1.82) is 0 Å². The summed E-state index contributed by atoms with van der Waals surface area (Å²) in [6.45, 7) is 1.81. The van der Waals surface area contributed by atoms with Crippen molar-refractivity contribution < 1.29 is 13.2 Å². The summed E-state index contributed by atoms with van der Waals surface area (Å²) in [6.07, 6.45) is 3.19. The quantitative estimate of drug-likeness (QED) is 0.844. The second-order valence-corrected chi connectivity index (χ2v) is 4.73. The van der Waals surface area contributed by atoms with E-state index in [1.165, 1.54) is 0 Å². The molecule has 2 rings (SSSR count). The van der Waals surface area contributed by atoms with Gasteiger partial charge in [0.1, 0.15) is 0 Å². The lowest BCUT2D eigenvalue weighted by Gasteiger charge is -2.35. The minimum Gasteiger partial charge on any atom is -0.329 e. The van der Waals surface area contributed by atoms with Crippen LogP contribution in [0.15, 0.2) is 12.1 Å². The van der Waals surface area contributed by atoms with E-state index in [2.05, 4.69) is 4.90 Å². The molecule has 100 valence electrons. The van der Waals surface area contributed by atoms with Gasteiger partial charge in [0.05, 0.1) is 0 Å². The Labute approximate surface area is 105 Å². The predicted octanol–water partition coefficient (Wildman–Crippen LogP) is 2.42. The van der Waals surface area contributed by atoms with E-state index in [0.29, 0.717) is 18.7 Å². The molecule has 0 radical (unpaired) electrons. The maximum Gasteiger partial charge on any atom is 0.194 e. The van der Waals surface area contributed by atoms with Crippen molar-refractivity contribution in [3.63, 3.8) is 0 Å². The molecule has 0 saturated carbocycles. The van der Waals surface area contributed by atoms with Crippen molar-refractivity contribution in [1.82, 2.24) is 4.90 Å². The molecule has 1 aromatic carbocycles. The number of benzene rings is 1. The molecule has 0 bridgehead atoms. The van der Waals surface area contributed by atoms with Crippen LogP contribution in [-0.4, -0.2) is 24.0 Å².